The smallest absolute Gasteiger partial charge is 0.310 e. The molecule has 1 atom stereocenters. The molecule has 2 aliphatic rings. The second-order valence-electron chi connectivity index (χ2n) is 7.98. The molecular weight excluding hydrogens is 426 g/mol. The van der Waals surface area contributed by atoms with Crippen LogP contribution in [0.4, 0.5) is 0 Å². The van der Waals surface area contributed by atoms with Crippen LogP contribution >= 0.6 is 0 Å². The minimum atomic E-state index is -0.669. The van der Waals surface area contributed by atoms with Gasteiger partial charge in [-0.3, -0.25) is 29.3 Å². The molecule has 0 saturated carbocycles. The van der Waals surface area contributed by atoms with E-state index in [0.717, 1.165) is 11.1 Å². The lowest BCUT2D eigenvalue weighted by molar-refractivity contribution is -0.140. The molecule has 9 nitrogen and oxygen atoms in total. The van der Waals surface area contributed by atoms with E-state index in [1.807, 2.05) is 6.07 Å². The van der Waals surface area contributed by atoms with Crippen LogP contribution < -0.4 is 10.6 Å². The minimum Gasteiger partial charge on any atom is -0.469 e. The molecule has 2 aliphatic heterocycles. The molecule has 2 aromatic rings. The van der Waals surface area contributed by atoms with Crippen molar-refractivity contribution in [3.63, 3.8) is 0 Å². The molecule has 2 aromatic carbocycles. The zero-order valence-corrected chi connectivity index (χ0v) is 18.1. The fourth-order valence-electron chi connectivity index (χ4n) is 4.14. The van der Waals surface area contributed by atoms with Gasteiger partial charge < -0.3 is 15.0 Å². The SMILES string of the molecule is COC(=O)Cc1ccccc1C(=O)NCc1ccc2c(c1)CN(C1CCC(=O)NC1=O)C2=O. The van der Waals surface area contributed by atoms with E-state index >= 15 is 0 Å². The summed E-state index contributed by atoms with van der Waals surface area (Å²) in [5, 5.41) is 5.13. The molecule has 4 rings (SSSR count). The summed E-state index contributed by atoms with van der Waals surface area (Å²) in [7, 11) is 1.30. The number of piperidine rings is 1. The number of benzene rings is 2. The third-order valence-electron chi connectivity index (χ3n) is 5.87. The summed E-state index contributed by atoms with van der Waals surface area (Å²) in [5.41, 5.74) is 3.04. The number of nitrogens with zero attached hydrogens (tertiary/aromatic N) is 1. The monoisotopic (exact) mass is 449 g/mol. The Bertz CT molecular complexity index is 1160. The lowest BCUT2D eigenvalue weighted by Gasteiger charge is -2.29. The largest absolute Gasteiger partial charge is 0.469 e. The van der Waals surface area contributed by atoms with Gasteiger partial charge in [0.05, 0.1) is 13.5 Å². The number of amides is 4. The quantitative estimate of drug-likeness (QED) is 0.503. The van der Waals surface area contributed by atoms with Gasteiger partial charge in [-0.15, -0.1) is 0 Å². The van der Waals surface area contributed by atoms with Crippen molar-refractivity contribution in [3.8, 4) is 0 Å². The Kier molecular flexibility index (Phi) is 6.21. The van der Waals surface area contributed by atoms with Crippen molar-refractivity contribution in [2.45, 2.75) is 38.4 Å². The van der Waals surface area contributed by atoms with Crippen molar-refractivity contribution >= 4 is 29.6 Å². The molecule has 0 spiro atoms. The Morgan fingerprint density at radius 2 is 1.94 bits per heavy atom. The van der Waals surface area contributed by atoms with Crippen molar-refractivity contribution in [2.75, 3.05) is 7.11 Å². The average molecular weight is 449 g/mol. The number of esters is 1. The first-order valence-corrected chi connectivity index (χ1v) is 10.6. The summed E-state index contributed by atoms with van der Waals surface area (Å²) in [6, 6.07) is 11.4. The molecule has 1 saturated heterocycles. The molecule has 33 heavy (non-hydrogen) atoms. The summed E-state index contributed by atoms with van der Waals surface area (Å²) >= 11 is 0. The molecule has 4 amide bonds. The summed E-state index contributed by atoms with van der Waals surface area (Å²) in [6.07, 6.45) is 0.501. The maximum Gasteiger partial charge on any atom is 0.310 e. The summed E-state index contributed by atoms with van der Waals surface area (Å²) in [6.45, 7) is 0.496. The van der Waals surface area contributed by atoms with E-state index in [1.165, 1.54) is 12.0 Å². The van der Waals surface area contributed by atoms with Crippen LogP contribution in [-0.4, -0.2) is 47.6 Å². The van der Waals surface area contributed by atoms with Crippen LogP contribution in [0.3, 0.4) is 0 Å². The number of carbonyl (C=O) groups is 5. The summed E-state index contributed by atoms with van der Waals surface area (Å²) < 4.78 is 4.69. The number of nitrogens with one attached hydrogen (secondary N) is 2. The van der Waals surface area contributed by atoms with E-state index in [1.54, 1.807) is 36.4 Å². The van der Waals surface area contributed by atoms with Crippen molar-refractivity contribution in [2.24, 2.45) is 0 Å². The Balaban J connectivity index is 1.43. The second-order valence-corrected chi connectivity index (χ2v) is 7.98. The lowest BCUT2D eigenvalue weighted by atomic mass is 10.0. The third-order valence-corrected chi connectivity index (χ3v) is 5.87. The fourth-order valence-corrected chi connectivity index (χ4v) is 4.14. The van der Waals surface area contributed by atoms with Gasteiger partial charge in [0.2, 0.25) is 11.8 Å². The van der Waals surface area contributed by atoms with Crippen LogP contribution in [0.25, 0.3) is 0 Å². The van der Waals surface area contributed by atoms with Crippen molar-refractivity contribution < 1.29 is 28.7 Å². The standard InChI is InChI=1S/C24H23N3O6/c1-33-21(29)11-15-4-2-3-5-17(15)22(30)25-12-14-6-7-18-16(10-14)13-27(24(18)32)19-8-9-20(28)26-23(19)31/h2-7,10,19H,8-9,11-13H2,1H3,(H,25,30)(H,26,28,31). The highest BCUT2D eigenvalue weighted by Crippen LogP contribution is 2.28. The van der Waals surface area contributed by atoms with Gasteiger partial charge in [-0.25, -0.2) is 0 Å². The maximum absolute atomic E-state index is 12.8. The predicted molar refractivity (Wildman–Crippen MR) is 116 cm³/mol. The Morgan fingerprint density at radius 3 is 2.70 bits per heavy atom. The molecule has 170 valence electrons. The van der Waals surface area contributed by atoms with Crippen LogP contribution in [0, 0.1) is 0 Å². The normalized spacial score (nSPS) is 17.4. The molecule has 0 aromatic heterocycles. The number of hydrogen-bond acceptors (Lipinski definition) is 6. The van der Waals surface area contributed by atoms with Gasteiger partial charge in [-0.05, 0) is 35.2 Å². The Hall–Kier alpha value is -4.01. The molecule has 9 heteroatoms. The average Bonchev–Trinajstić information content (AvgIpc) is 3.13. The van der Waals surface area contributed by atoms with Gasteiger partial charge in [0.25, 0.3) is 11.8 Å². The molecule has 2 heterocycles. The van der Waals surface area contributed by atoms with Crippen LogP contribution in [0.2, 0.25) is 0 Å². The van der Waals surface area contributed by atoms with Crippen molar-refractivity contribution in [1.29, 1.82) is 0 Å². The molecule has 1 unspecified atom stereocenters. The number of imide groups is 1. The molecule has 2 N–H and O–H groups in total. The molecule has 1 fully saturated rings. The number of rotatable bonds is 6. The lowest BCUT2D eigenvalue weighted by Crippen LogP contribution is -2.52. The molecule has 0 radical (unpaired) electrons. The van der Waals surface area contributed by atoms with E-state index in [0.29, 0.717) is 23.1 Å². The highest BCUT2D eigenvalue weighted by Gasteiger charge is 2.39. The maximum atomic E-state index is 12.8. The zero-order chi connectivity index (χ0) is 23.5. The van der Waals surface area contributed by atoms with Gasteiger partial charge in [-0.2, -0.15) is 0 Å². The van der Waals surface area contributed by atoms with Crippen LogP contribution in [-0.2, 0) is 38.6 Å². The van der Waals surface area contributed by atoms with Crippen molar-refractivity contribution in [1.82, 2.24) is 15.5 Å². The Morgan fingerprint density at radius 1 is 1.15 bits per heavy atom. The predicted octanol–water partition coefficient (Wildman–Crippen LogP) is 1.09. The number of methoxy groups -OCH3 is 1. The van der Waals surface area contributed by atoms with Gasteiger partial charge in [-0.1, -0.05) is 30.3 Å². The summed E-state index contributed by atoms with van der Waals surface area (Å²) in [5.74, 6) is -1.78. The topological polar surface area (TPSA) is 122 Å². The van der Waals surface area contributed by atoms with E-state index in [4.69, 9.17) is 4.74 Å². The first-order chi connectivity index (χ1) is 15.9. The van der Waals surface area contributed by atoms with E-state index in [9.17, 15) is 24.0 Å². The van der Waals surface area contributed by atoms with E-state index in [2.05, 4.69) is 10.6 Å². The number of hydrogen-bond donors (Lipinski definition) is 2. The van der Waals surface area contributed by atoms with Gasteiger partial charge >= 0.3 is 5.97 Å². The van der Waals surface area contributed by atoms with Crippen molar-refractivity contribution in [3.05, 3.63) is 70.3 Å². The Labute approximate surface area is 190 Å². The number of fused-ring (bicyclic) bond motifs is 1. The molecule has 0 aliphatic carbocycles. The van der Waals surface area contributed by atoms with Gasteiger partial charge in [0.15, 0.2) is 0 Å². The minimum absolute atomic E-state index is 0.00275. The highest BCUT2D eigenvalue weighted by molar-refractivity contribution is 6.05. The first-order valence-electron chi connectivity index (χ1n) is 10.6. The highest BCUT2D eigenvalue weighted by atomic mass is 16.5. The number of carbonyl (C=O) groups excluding carboxylic acids is 5. The van der Waals surface area contributed by atoms with Crippen LogP contribution in [0.1, 0.15) is 50.2 Å². The number of ether oxygens (including phenoxy) is 1. The second kappa shape index (κ2) is 9.23. The summed E-state index contributed by atoms with van der Waals surface area (Å²) in [4.78, 5) is 62.2. The van der Waals surface area contributed by atoms with Crippen LogP contribution in [0.5, 0.6) is 0 Å². The molecular formula is C24H23N3O6. The molecule has 0 bridgehead atoms. The van der Waals surface area contributed by atoms with Gasteiger partial charge in [0.1, 0.15) is 6.04 Å². The first kappa shape index (κ1) is 22.2. The third kappa shape index (κ3) is 4.62. The van der Waals surface area contributed by atoms with Crippen LogP contribution in [0.15, 0.2) is 42.5 Å². The fraction of sp³-hybridized carbons (Fsp3) is 0.292. The zero-order valence-electron chi connectivity index (χ0n) is 18.1. The van der Waals surface area contributed by atoms with E-state index < -0.39 is 17.9 Å². The van der Waals surface area contributed by atoms with Gasteiger partial charge in [0, 0.05) is 30.6 Å². The van der Waals surface area contributed by atoms with E-state index in [-0.39, 0.29) is 43.7 Å².